The first-order valence-electron chi connectivity index (χ1n) is 8.92. The normalized spacial score (nSPS) is 18.4. The molecule has 1 unspecified atom stereocenters. The third-order valence-corrected chi connectivity index (χ3v) is 7.28. The molecule has 1 fully saturated rings. The molecule has 6 nitrogen and oxygen atoms in total. The second-order valence-electron chi connectivity index (χ2n) is 6.47. The van der Waals surface area contributed by atoms with Crippen LogP contribution in [0.2, 0.25) is 0 Å². The maximum Gasteiger partial charge on any atom is 0.244 e. The average Bonchev–Trinajstić information content (AvgIpc) is 3.10. The zero-order valence-corrected chi connectivity index (χ0v) is 16.7. The summed E-state index contributed by atoms with van der Waals surface area (Å²) in [5, 5.41) is 4.92. The topological polar surface area (TPSA) is 79.4 Å². The molecule has 0 saturated carbocycles. The van der Waals surface area contributed by atoms with Crippen LogP contribution in [0.15, 0.2) is 29.6 Å². The van der Waals surface area contributed by atoms with Crippen LogP contribution in [0.5, 0.6) is 0 Å². The molecule has 27 heavy (non-hydrogen) atoms. The van der Waals surface area contributed by atoms with Gasteiger partial charge in [0.15, 0.2) is 5.13 Å². The maximum atomic E-state index is 13.0. The third-order valence-electron chi connectivity index (χ3n) is 4.45. The summed E-state index contributed by atoms with van der Waals surface area (Å²) in [6, 6.07) is 5.25. The average molecular weight is 412 g/mol. The van der Waals surface area contributed by atoms with E-state index < -0.39 is 16.1 Å². The van der Waals surface area contributed by atoms with Crippen LogP contribution >= 0.6 is 11.3 Å². The van der Waals surface area contributed by atoms with Crippen LogP contribution < -0.4 is 5.32 Å². The van der Waals surface area contributed by atoms with Gasteiger partial charge < -0.3 is 5.32 Å². The second-order valence-corrected chi connectivity index (χ2v) is 9.37. The first kappa shape index (κ1) is 19.9. The van der Waals surface area contributed by atoms with Gasteiger partial charge in [0.1, 0.15) is 11.9 Å². The fourth-order valence-corrected chi connectivity index (χ4v) is 5.62. The predicted molar refractivity (Wildman–Crippen MR) is 105 cm³/mol. The lowest BCUT2D eigenvalue weighted by molar-refractivity contribution is -0.120. The Morgan fingerprint density at radius 2 is 2.07 bits per heavy atom. The predicted octanol–water partition coefficient (Wildman–Crippen LogP) is 3.48. The molecule has 1 amide bonds. The Bertz CT molecular complexity index is 897. The summed E-state index contributed by atoms with van der Waals surface area (Å²) in [7, 11) is -3.44. The van der Waals surface area contributed by atoms with E-state index in [0.29, 0.717) is 30.2 Å². The Hall–Kier alpha value is -1.84. The van der Waals surface area contributed by atoms with Gasteiger partial charge in [0.2, 0.25) is 15.9 Å². The molecule has 1 aliphatic heterocycles. The number of halogens is 1. The number of carbonyl (C=O) groups is 1. The van der Waals surface area contributed by atoms with Gasteiger partial charge in [0.25, 0.3) is 0 Å². The van der Waals surface area contributed by atoms with E-state index in [-0.39, 0.29) is 17.5 Å². The Labute approximate surface area is 162 Å². The minimum Gasteiger partial charge on any atom is -0.301 e. The van der Waals surface area contributed by atoms with Gasteiger partial charge in [-0.15, -0.1) is 11.3 Å². The van der Waals surface area contributed by atoms with Crippen LogP contribution in [0.1, 0.15) is 32.6 Å². The van der Waals surface area contributed by atoms with Gasteiger partial charge >= 0.3 is 0 Å². The first-order valence-corrected chi connectivity index (χ1v) is 11.4. The van der Waals surface area contributed by atoms with Crippen molar-refractivity contribution in [1.82, 2.24) is 9.29 Å². The van der Waals surface area contributed by atoms with Crippen molar-refractivity contribution < 1.29 is 17.6 Å². The summed E-state index contributed by atoms with van der Waals surface area (Å²) >= 11 is 1.26. The highest BCUT2D eigenvalue weighted by Crippen LogP contribution is 2.27. The Morgan fingerprint density at radius 1 is 1.33 bits per heavy atom. The van der Waals surface area contributed by atoms with E-state index in [4.69, 9.17) is 0 Å². The molecular weight excluding hydrogens is 389 g/mol. The van der Waals surface area contributed by atoms with Crippen LogP contribution in [0.4, 0.5) is 9.52 Å². The third kappa shape index (κ3) is 4.72. The Kier molecular flexibility index (Phi) is 6.23. The van der Waals surface area contributed by atoms with Crippen molar-refractivity contribution in [2.45, 2.75) is 38.6 Å². The number of rotatable bonds is 6. The van der Waals surface area contributed by atoms with Gasteiger partial charge in [-0.2, -0.15) is 4.31 Å². The van der Waals surface area contributed by atoms with Gasteiger partial charge in [-0.1, -0.05) is 13.3 Å². The van der Waals surface area contributed by atoms with Crippen LogP contribution in [0.3, 0.4) is 0 Å². The lowest BCUT2D eigenvalue weighted by Crippen LogP contribution is -2.50. The summed E-state index contributed by atoms with van der Waals surface area (Å²) in [5.41, 5.74) is 1.38. The van der Waals surface area contributed by atoms with E-state index >= 15 is 0 Å². The van der Waals surface area contributed by atoms with Crippen LogP contribution in [-0.4, -0.2) is 42.0 Å². The number of sulfonamides is 1. The molecule has 1 aromatic carbocycles. The number of hydrogen-bond acceptors (Lipinski definition) is 5. The molecule has 3 rings (SSSR count). The summed E-state index contributed by atoms with van der Waals surface area (Å²) in [6.07, 6.45) is 2.60. The van der Waals surface area contributed by atoms with E-state index in [9.17, 15) is 17.6 Å². The molecule has 1 aliphatic rings. The molecule has 2 heterocycles. The number of carbonyl (C=O) groups excluding carboxylic acids is 1. The Balaban J connectivity index is 1.73. The number of amides is 1. The number of nitrogens with one attached hydrogen (secondary N) is 1. The molecule has 146 valence electrons. The summed E-state index contributed by atoms with van der Waals surface area (Å²) < 4.78 is 39.3. The van der Waals surface area contributed by atoms with Gasteiger partial charge in [-0.25, -0.2) is 17.8 Å². The largest absolute Gasteiger partial charge is 0.301 e. The number of nitrogens with zero attached hydrogens (tertiary/aromatic N) is 2. The molecule has 2 aromatic rings. The lowest BCUT2D eigenvalue weighted by atomic mass is 10.0. The van der Waals surface area contributed by atoms with E-state index in [0.717, 1.165) is 18.4 Å². The summed E-state index contributed by atoms with van der Waals surface area (Å²) in [4.78, 5) is 17.1. The second kappa shape index (κ2) is 8.45. The molecule has 1 N–H and O–H groups in total. The van der Waals surface area contributed by atoms with Crippen molar-refractivity contribution in [3.63, 3.8) is 0 Å². The quantitative estimate of drug-likeness (QED) is 0.789. The zero-order valence-electron chi connectivity index (χ0n) is 15.0. The number of anilines is 1. The van der Waals surface area contributed by atoms with Gasteiger partial charge in [-0.3, -0.25) is 4.79 Å². The van der Waals surface area contributed by atoms with E-state index in [2.05, 4.69) is 10.3 Å². The van der Waals surface area contributed by atoms with E-state index in [1.54, 1.807) is 17.5 Å². The molecule has 9 heteroatoms. The first-order chi connectivity index (χ1) is 12.9. The highest BCUT2D eigenvalue weighted by molar-refractivity contribution is 7.89. The number of hydrogen-bond donors (Lipinski definition) is 1. The van der Waals surface area contributed by atoms with E-state index in [1.807, 2.05) is 6.92 Å². The number of thiazole rings is 1. The smallest absolute Gasteiger partial charge is 0.244 e. The minimum atomic E-state index is -3.44. The fourth-order valence-electron chi connectivity index (χ4n) is 3.15. The molecule has 1 saturated heterocycles. The maximum absolute atomic E-state index is 13.0. The van der Waals surface area contributed by atoms with Crippen LogP contribution in [-0.2, 0) is 14.8 Å². The zero-order chi connectivity index (χ0) is 19.4. The molecular formula is C18H22FN3O3S2. The Morgan fingerprint density at radius 3 is 2.78 bits per heavy atom. The molecule has 0 aliphatic carbocycles. The summed E-state index contributed by atoms with van der Waals surface area (Å²) in [5.74, 6) is -0.634. The van der Waals surface area contributed by atoms with Crippen molar-refractivity contribution >= 4 is 32.4 Å². The fraction of sp³-hybridized carbons (Fsp3) is 0.444. The molecule has 1 aromatic heterocycles. The highest BCUT2D eigenvalue weighted by Gasteiger charge is 2.36. The van der Waals surface area contributed by atoms with E-state index in [1.165, 1.54) is 27.8 Å². The van der Waals surface area contributed by atoms with Crippen molar-refractivity contribution in [3.05, 3.63) is 35.5 Å². The van der Waals surface area contributed by atoms with Gasteiger partial charge in [0.05, 0.1) is 11.4 Å². The summed E-state index contributed by atoms with van der Waals surface area (Å²) in [6.45, 7) is 2.18. The van der Waals surface area contributed by atoms with Crippen molar-refractivity contribution in [2.24, 2.45) is 0 Å². The standard InChI is InChI=1S/C18H22FN3O3S2/c1-2-11-27(24,25)22-10-4-3-5-16(22)17(23)21-18-20-15(12-26-18)13-6-8-14(19)9-7-13/h6-9,12,16H,2-5,10-11H2,1H3,(H,20,21,23). The highest BCUT2D eigenvalue weighted by atomic mass is 32.2. The van der Waals surface area contributed by atoms with Crippen LogP contribution in [0.25, 0.3) is 11.3 Å². The lowest BCUT2D eigenvalue weighted by Gasteiger charge is -2.33. The SMILES string of the molecule is CCCS(=O)(=O)N1CCCCC1C(=O)Nc1nc(-c2ccc(F)cc2)cs1. The number of piperidine rings is 1. The van der Waals surface area contributed by atoms with Crippen molar-refractivity contribution in [3.8, 4) is 11.3 Å². The number of benzene rings is 1. The van der Waals surface area contributed by atoms with Crippen molar-refractivity contribution in [2.75, 3.05) is 17.6 Å². The molecule has 0 radical (unpaired) electrons. The molecule has 1 atom stereocenters. The minimum absolute atomic E-state index is 0.0444. The molecule has 0 spiro atoms. The van der Waals surface area contributed by atoms with Gasteiger partial charge in [-0.05, 0) is 43.5 Å². The van der Waals surface area contributed by atoms with Gasteiger partial charge in [0, 0.05) is 17.5 Å². The van der Waals surface area contributed by atoms with Crippen LogP contribution in [0, 0.1) is 5.82 Å². The molecule has 0 bridgehead atoms. The van der Waals surface area contributed by atoms with Crippen molar-refractivity contribution in [1.29, 1.82) is 0 Å². The monoisotopic (exact) mass is 411 g/mol. The number of aromatic nitrogens is 1.